The van der Waals surface area contributed by atoms with Crippen LogP contribution >= 0.6 is 0 Å². The molecule has 0 spiro atoms. The van der Waals surface area contributed by atoms with Crippen LogP contribution in [-0.2, 0) is 9.53 Å². The van der Waals surface area contributed by atoms with E-state index >= 15 is 0 Å². The summed E-state index contributed by atoms with van der Waals surface area (Å²) in [5.74, 6) is -0.563. The highest BCUT2D eigenvalue weighted by Crippen LogP contribution is 2.18. The van der Waals surface area contributed by atoms with Gasteiger partial charge in [0, 0.05) is 44.1 Å². The summed E-state index contributed by atoms with van der Waals surface area (Å²) < 4.78 is 5.29. The summed E-state index contributed by atoms with van der Waals surface area (Å²) in [5, 5.41) is 11.8. The second-order valence-corrected chi connectivity index (χ2v) is 10.1. The van der Waals surface area contributed by atoms with Crippen LogP contribution < -0.4 is 27.0 Å². The van der Waals surface area contributed by atoms with Crippen molar-refractivity contribution in [1.82, 2.24) is 25.5 Å². The van der Waals surface area contributed by atoms with E-state index in [9.17, 15) is 19.2 Å². The molecule has 0 saturated carbocycles. The molecule has 0 radical (unpaired) electrons. The van der Waals surface area contributed by atoms with Crippen molar-refractivity contribution in [1.29, 1.82) is 0 Å². The summed E-state index contributed by atoms with van der Waals surface area (Å²) in [6, 6.07) is 5.81. The molecule has 218 valence electrons. The number of benzene rings is 1. The van der Waals surface area contributed by atoms with E-state index in [1.165, 1.54) is 18.1 Å². The number of carbonyl (C=O) groups is 4. The highest BCUT2D eigenvalue weighted by Gasteiger charge is 2.26. The van der Waals surface area contributed by atoms with E-state index in [0.29, 0.717) is 43.1 Å². The van der Waals surface area contributed by atoms with Gasteiger partial charge in [-0.2, -0.15) is 4.98 Å². The first-order chi connectivity index (χ1) is 18.8. The van der Waals surface area contributed by atoms with Crippen molar-refractivity contribution in [2.45, 2.75) is 59.1 Å². The standard InChI is InChI=1S/C27H40N8O5/c1-7-13-29-22-20(16-32-25(34-22)33-19-11-9-18(10-12-19)21(28)36)24(38)31-15-8-14-30-23(37)17(2)35(6)26(39)40-27(3,4)5/h9-12,16-17H,7-8,13-15H2,1-6H3,(H2,28,36)(H,30,37)(H,31,38)(H2,29,32,33,34)/t17-/m0/s1. The van der Waals surface area contributed by atoms with Gasteiger partial charge in [0.15, 0.2) is 0 Å². The molecule has 0 unspecified atom stereocenters. The highest BCUT2D eigenvalue weighted by molar-refractivity contribution is 5.98. The van der Waals surface area contributed by atoms with E-state index in [0.717, 1.165) is 6.42 Å². The van der Waals surface area contributed by atoms with Crippen molar-refractivity contribution in [2.24, 2.45) is 5.73 Å². The summed E-state index contributed by atoms with van der Waals surface area (Å²) in [6.45, 7) is 10.1. The number of ether oxygens (including phenoxy) is 1. The molecule has 0 saturated heterocycles. The molecule has 4 amide bonds. The minimum absolute atomic E-state index is 0.273. The number of hydrogen-bond donors (Lipinski definition) is 5. The Labute approximate surface area is 234 Å². The maximum atomic E-state index is 12.8. The lowest BCUT2D eigenvalue weighted by atomic mass is 10.2. The summed E-state index contributed by atoms with van der Waals surface area (Å²) in [4.78, 5) is 58.6. The second kappa shape index (κ2) is 14.7. The van der Waals surface area contributed by atoms with E-state index in [4.69, 9.17) is 10.5 Å². The summed E-state index contributed by atoms with van der Waals surface area (Å²) in [7, 11) is 1.51. The topological polar surface area (TPSA) is 181 Å². The molecule has 2 aromatic rings. The number of amides is 4. The van der Waals surface area contributed by atoms with Crippen molar-refractivity contribution in [3.63, 3.8) is 0 Å². The van der Waals surface area contributed by atoms with E-state index in [-0.39, 0.29) is 23.3 Å². The van der Waals surface area contributed by atoms with Gasteiger partial charge in [-0.1, -0.05) is 6.92 Å². The number of nitrogens with two attached hydrogens (primary N) is 1. The normalized spacial score (nSPS) is 11.7. The summed E-state index contributed by atoms with van der Waals surface area (Å²) >= 11 is 0. The second-order valence-electron chi connectivity index (χ2n) is 10.1. The zero-order chi connectivity index (χ0) is 29.9. The third-order valence-corrected chi connectivity index (χ3v) is 5.58. The average Bonchev–Trinajstić information content (AvgIpc) is 2.90. The SMILES string of the molecule is CCCNc1nc(Nc2ccc(C(N)=O)cc2)ncc1C(=O)NCCCNC(=O)[C@H](C)N(C)C(=O)OC(C)(C)C. The monoisotopic (exact) mass is 556 g/mol. The van der Waals surface area contributed by atoms with Crippen LogP contribution in [0.1, 0.15) is 68.2 Å². The molecule has 0 aliphatic carbocycles. The molecule has 0 bridgehead atoms. The van der Waals surface area contributed by atoms with Crippen LogP contribution in [0.15, 0.2) is 30.5 Å². The lowest BCUT2D eigenvalue weighted by molar-refractivity contribution is -0.125. The average molecular weight is 557 g/mol. The number of anilines is 3. The molecule has 2 rings (SSSR count). The maximum absolute atomic E-state index is 12.8. The Bertz CT molecular complexity index is 1180. The fraction of sp³-hybridized carbons (Fsp3) is 0.481. The van der Waals surface area contributed by atoms with Crippen LogP contribution in [0, 0.1) is 0 Å². The van der Waals surface area contributed by atoms with E-state index in [2.05, 4.69) is 31.2 Å². The lowest BCUT2D eigenvalue weighted by Gasteiger charge is -2.28. The molecule has 6 N–H and O–H groups in total. The number of carbonyl (C=O) groups excluding carboxylic acids is 4. The van der Waals surface area contributed by atoms with Crippen LogP contribution in [-0.4, -0.2) is 77.0 Å². The van der Waals surface area contributed by atoms with Gasteiger partial charge in [-0.25, -0.2) is 9.78 Å². The molecule has 1 aromatic heterocycles. The van der Waals surface area contributed by atoms with Gasteiger partial charge in [0.2, 0.25) is 17.8 Å². The van der Waals surface area contributed by atoms with Gasteiger partial charge in [-0.15, -0.1) is 0 Å². The van der Waals surface area contributed by atoms with E-state index in [1.54, 1.807) is 52.0 Å². The van der Waals surface area contributed by atoms with Crippen molar-refractivity contribution in [3.05, 3.63) is 41.6 Å². The number of aromatic nitrogens is 2. The zero-order valence-corrected chi connectivity index (χ0v) is 24.0. The molecular weight excluding hydrogens is 516 g/mol. The number of rotatable bonds is 13. The minimum Gasteiger partial charge on any atom is -0.444 e. The van der Waals surface area contributed by atoms with Gasteiger partial charge in [-0.3, -0.25) is 19.3 Å². The fourth-order valence-electron chi connectivity index (χ4n) is 3.25. The molecule has 0 aliphatic rings. The molecule has 0 fully saturated rings. The van der Waals surface area contributed by atoms with Gasteiger partial charge < -0.3 is 31.7 Å². The van der Waals surface area contributed by atoms with Crippen LogP contribution in [0.25, 0.3) is 0 Å². The van der Waals surface area contributed by atoms with Crippen molar-refractivity contribution >= 4 is 41.3 Å². The smallest absolute Gasteiger partial charge is 0.410 e. The third-order valence-electron chi connectivity index (χ3n) is 5.58. The number of likely N-dealkylation sites (N-methyl/N-ethyl adjacent to an activating group) is 1. The van der Waals surface area contributed by atoms with Crippen LogP contribution in [0.4, 0.5) is 22.2 Å². The van der Waals surface area contributed by atoms with Crippen molar-refractivity contribution in [2.75, 3.05) is 37.3 Å². The van der Waals surface area contributed by atoms with Gasteiger partial charge in [-0.05, 0) is 64.8 Å². The molecule has 13 nitrogen and oxygen atoms in total. The van der Waals surface area contributed by atoms with Crippen molar-refractivity contribution in [3.8, 4) is 0 Å². The Morgan fingerprint density at radius 1 is 1.05 bits per heavy atom. The first-order valence-electron chi connectivity index (χ1n) is 13.1. The van der Waals surface area contributed by atoms with Gasteiger partial charge >= 0.3 is 6.09 Å². The molecule has 0 aliphatic heterocycles. The molecule has 1 atom stereocenters. The van der Waals surface area contributed by atoms with Gasteiger partial charge in [0.1, 0.15) is 23.0 Å². The number of nitrogens with zero attached hydrogens (tertiary/aromatic N) is 3. The Balaban J connectivity index is 1.90. The highest BCUT2D eigenvalue weighted by atomic mass is 16.6. The first-order valence-corrected chi connectivity index (χ1v) is 13.1. The fourth-order valence-corrected chi connectivity index (χ4v) is 3.25. The maximum Gasteiger partial charge on any atom is 0.410 e. The van der Waals surface area contributed by atoms with Crippen molar-refractivity contribution < 1.29 is 23.9 Å². The van der Waals surface area contributed by atoms with Crippen LogP contribution in [0.5, 0.6) is 0 Å². The van der Waals surface area contributed by atoms with Crippen LogP contribution in [0.3, 0.4) is 0 Å². The molecule has 13 heteroatoms. The minimum atomic E-state index is -0.720. The molecular formula is C27H40N8O5. The predicted octanol–water partition coefficient (Wildman–Crippen LogP) is 2.63. The number of primary amides is 1. The van der Waals surface area contributed by atoms with E-state index < -0.39 is 23.6 Å². The van der Waals surface area contributed by atoms with Crippen LogP contribution in [0.2, 0.25) is 0 Å². The Morgan fingerprint density at radius 3 is 2.30 bits per heavy atom. The van der Waals surface area contributed by atoms with Gasteiger partial charge in [0.05, 0.1) is 0 Å². The van der Waals surface area contributed by atoms with E-state index in [1.807, 2.05) is 6.92 Å². The largest absolute Gasteiger partial charge is 0.444 e. The quantitative estimate of drug-likeness (QED) is 0.232. The summed E-state index contributed by atoms with van der Waals surface area (Å²) in [5.41, 5.74) is 5.92. The Kier molecular flexibility index (Phi) is 11.7. The predicted molar refractivity (Wildman–Crippen MR) is 152 cm³/mol. The Hall–Kier alpha value is -4.42. The first kappa shape index (κ1) is 31.8. The van der Waals surface area contributed by atoms with Gasteiger partial charge in [0.25, 0.3) is 5.91 Å². The number of nitrogens with one attached hydrogen (secondary N) is 4. The molecule has 1 aromatic carbocycles. The molecule has 40 heavy (non-hydrogen) atoms. The number of hydrogen-bond acceptors (Lipinski definition) is 9. The third kappa shape index (κ3) is 10.0. The summed E-state index contributed by atoms with van der Waals surface area (Å²) in [6.07, 6.45) is 2.14. The zero-order valence-electron chi connectivity index (χ0n) is 24.0. The molecule has 1 heterocycles. The Morgan fingerprint density at radius 2 is 1.70 bits per heavy atom. The lowest BCUT2D eigenvalue weighted by Crippen LogP contribution is -2.47.